The fourth-order valence-electron chi connectivity index (χ4n) is 2.36. The molecule has 3 aromatic rings. The molecule has 3 rings (SSSR count). The molecule has 0 radical (unpaired) electrons. The summed E-state index contributed by atoms with van der Waals surface area (Å²) in [7, 11) is 1.61. The van der Waals surface area contributed by atoms with Gasteiger partial charge in [0.15, 0.2) is 5.65 Å². The van der Waals surface area contributed by atoms with Crippen molar-refractivity contribution in [3.8, 4) is 5.75 Å². The Morgan fingerprint density at radius 1 is 1.39 bits per heavy atom. The van der Waals surface area contributed by atoms with Crippen LogP contribution in [0.1, 0.15) is 16.1 Å². The fraction of sp³-hybridized carbons (Fsp3) is 0.133. The molecule has 0 fully saturated rings. The zero-order valence-electron chi connectivity index (χ0n) is 12.3. The highest BCUT2D eigenvalue weighted by Crippen LogP contribution is 2.21. The number of hydrogen-bond donors (Lipinski definition) is 3. The van der Waals surface area contributed by atoms with Gasteiger partial charge in [-0.15, -0.1) is 0 Å². The summed E-state index contributed by atoms with van der Waals surface area (Å²) in [6, 6.07) is 4.84. The molecule has 2 heterocycles. The maximum absolute atomic E-state index is 13.7. The number of nitrogens with zero attached hydrogens (tertiary/aromatic N) is 2. The van der Waals surface area contributed by atoms with Gasteiger partial charge in [-0.2, -0.15) is 0 Å². The Balaban J connectivity index is 2.09. The minimum absolute atomic E-state index is 0.0947. The monoisotopic (exact) mass is 316 g/mol. The zero-order valence-corrected chi connectivity index (χ0v) is 12.3. The van der Waals surface area contributed by atoms with Gasteiger partial charge in [-0.05, 0) is 25.1 Å². The van der Waals surface area contributed by atoms with Gasteiger partial charge >= 0.3 is 0 Å². The second-order valence-electron chi connectivity index (χ2n) is 5.13. The van der Waals surface area contributed by atoms with Crippen LogP contribution >= 0.6 is 0 Å². The highest BCUT2D eigenvalue weighted by molar-refractivity contribution is 6.12. The number of benzene rings is 1. The van der Waals surface area contributed by atoms with Crippen molar-refractivity contribution in [3.05, 3.63) is 51.7 Å². The molecule has 3 N–H and O–H groups in total. The van der Waals surface area contributed by atoms with Crippen LogP contribution < -0.4 is 10.9 Å². The first-order valence-corrected chi connectivity index (χ1v) is 6.73. The number of pyridine rings is 1. The number of carbonyl (C=O) groups excluding carboxylic acids is 1. The van der Waals surface area contributed by atoms with Crippen molar-refractivity contribution in [2.24, 2.45) is 7.05 Å². The second-order valence-corrected chi connectivity index (χ2v) is 5.13. The SMILES string of the molecule is Cc1cc(C(=O)Nc2ccc(O)cc2F)c2c(=O)[nH]n(C)c2n1. The summed E-state index contributed by atoms with van der Waals surface area (Å²) >= 11 is 0. The van der Waals surface area contributed by atoms with E-state index < -0.39 is 17.3 Å². The molecule has 0 aliphatic rings. The van der Waals surface area contributed by atoms with Gasteiger partial charge in [-0.1, -0.05) is 0 Å². The molecule has 0 atom stereocenters. The normalized spacial score (nSPS) is 10.9. The van der Waals surface area contributed by atoms with Gasteiger partial charge in [0, 0.05) is 18.8 Å². The van der Waals surface area contributed by atoms with E-state index in [1.165, 1.54) is 22.9 Å². The molecule has 0 saturated heterocycles. The van der Waals surface area contributed by atoms with Crippen LogP contribution in [0.5, 0.6) is 5.75 Å². The van der Waals surface area contributed by atoms with Gasteiger partial charge < -0.3 is 10.4 Å². The molecule has 1 amide bonds. The highest BCUT2D eigenvalue weighted by Gasteiger charge is 2.18. The number of aromatic nitrogens is 3. The molecule has 0 spiro atoms. The first-order chi connectivity index (χ1) is 10.9. The Labute approximate surface area is 129 Å². The lowest BCUT2D eigenvalue weighted by atomic mass is 10.1. The number of halogens is 1. The zero-order chi connectivity index (χ0) is 16.7. The van der Waals surface area contributed by atoms with E-state index in [1.54, 1.807) is 14.0 Å². The van der Waals surface area contributed by atoms with Gasteiger partial charge in [-0.25, -0.2) is 9.37 Å². The number of carbonyl (C=O) groups is 1. The van der Waals surface area contributed by atoms with E-state index >= 15 is 0 Å². The first-order valence-electron chi connectivity index (χ1n) is 6.73. The Morgan fingerprint density at radius 2 is 2.13 bits per heavy atom. The lowest BCUT2D eigenvalue weighted by Gasteiger charge is -2.08. The van der Waals surface area contributed by atoms with Gasteiger partial charge in [0.25, 0.3) is 11.5 Å². The predicted molar refractivity (Wildman–Crippen MR) is 82.1 cm³/mol. The number of phenolic OH excluding ortho intramolecular Hbond substituents is 1. The smallest absolute Gasteiger partial charge is 0.274 e. The van der Waals surface area contributed by atoms with E-state index in [1.807, 2.05) is 0 Å². The Hall–Kier alpha value is -3.16. The van der Waals surface area contributed by atoms with Crippen LogP contribution in [-0.4, -0.2) is 25.8 Å². The lowest BCUT2D eigenvalue weighted by molar-refractivity contribution is 0.102. The van der Waals surface area contributed by atoms with E-state index in [2.05, 4.69) is 15.4 Å². The summed E-state index contributed by atoms with van der Waals surface area (Å²) in [5, 5.41) is 14.3. The first kappa shape index (κ1) is 14.8. The fourth-order valence-corrected chi connectivity index (χ4v) is 2.36. The molecule has 0 saturated carbocycles. The summed E-state index contributed by atoms with van der Waals surface area (Å²) in [5.74, 6) is -1.66. The van der Waals surface area contributed by atoms with Crippen molar-refractivity contribution in [2.45, 2.75) is 6.92 Å². The molecule has 0 unspecified atom stereocenters. The number of fused-ring (bicyclic) bond motifs is 1. The number of H-pyrrole nitrogens is 1. The standard InChI is InChI=1S/C15H13FN4O3/c1-7-5-9(12-13(17-7)20(2)19-15(12)23)14(22)18-11-4-3-8(21)6-10(11)16/h3-6,21H,1-2H3,(H,18,22)(H,19,23). The Kier molecular flexibility index (Phi) is 3.36. The van der Waals surface area contributed by atoms with Gasteiger partial charge in [0.2, 0.25) is 0 Å². The van der Waals surface area contributed by atoms with Gasteiger partial charge in [0.05, 0.1) is 16.6 Å². The maximum Gasteiger partial charge on any atom is 0.274 e. The van der Waals surface area contributed by atoms with Crippen molar-refractivity contribution in [2.75, 3.05) is 5.32 Å². The number of nitrogens with one attached hydrogen (secondary N) is 2. The quantitative estimate of drug-likeness (QED) is 0.626. The Bertz CT molecular complexity index is 990. The largest absolute Gasteiger partial charge is 0.508 e. The third-order valence-electron chi connectivity index (χ3n) is 3.39. The summed E-state index contributed by atoms with van der Waals surface area (Å²) in [5.41, 5.74) is 0.436. The topological polar surface area (TPSA) is 100 Å². The number of phenols is 1. The minimum atomic E-state index is -0.776. The van der Waals surface area contributed by atoms with Crippen LogP contribution in [0, 0.1) is 12.7 Å². The number of aromatic amines is 1. The molecule has 0 aliphatic carbocycles. The van der Waals surface area contributed by atoms with E-state index in [0.717, 1.165) is 6.07 Å². The van der Waals surface area contributed by atoms with Crippen molar-refractivity contribution in [1.29, 1.82) is 0 Å². The molecule has 0 aliphatic heterocycles. The number of rotatable bonds is 2. The number of amides is 1. The number of aromatic hydroxyl groups is 1. The average molecular weight is 316 g/mol. The predicted octanol–water partition coefficient (Wildman–Crippen LogP) is 1.67. The van der Waals surface area contributed by atoms with Crippen molar-refractivity contribution in [1.82, 2.24) is 14.8 Å². The molecule has 1 aromatic carbocycles. The molecule has 2 aromatic heterocycles. The van der Waals surface area contributed by atoms with Crippen LogP contribution in [-0.2, 0) is 7.05 Å². The molecule has 7 nitrogen and oxygen atoms in total. The summed E-state index contributed by atoms with van der Waals surface area (Å²) in [6.07, 6.45) is 0. The van der Waals surface area contributed by atoms with E-state index in [4.69, 9.17) is 0 Å². The molecule has 23 heavy (non-hydrogen) atoms. The van der Waals surface area contributed by atoms with Gasteiger partial charge in [0.1, 0.15) is 11.6 Å². The molecular formula is C15H13FN4O3. The highest BCUT2D eigenvalue weighted by atomic mass is 19.1. The molecule has 0 bridgehead atoms. The Morgan fingerprint density at radius 3 is 2.83 bits per heavy atom. The summed E-state index contributed by atoms with van der Waals surface area (Å²) in [6.45, 7) is 1.69. The molecular weight excluding hydrogens is 303 g/mol. The summed E-state index contributed by atoms with van der Waals surface area (Å²) < 4.78 is 15.2. The van der Waals surface area contributed by atoms with Crippen LogP contribution in [0.15, 0.2) is 29.1 Å². The van der Waals surface area contributed by atoms with Crippen molar-refractivity contribution >= 4 is 22.6 Å². The van der Waals surface area contributed by atoms with Crippen molar-refractivity contribution < 1.29 is 14.3 Å². The second kappa shape index (κ2) is 5.24. The van der Waals surface area contributed by atoms with E-state index in [0.29, 0.717) is 11.3 Å². The van der Waals surface area contributed by atoms with E-state index in [9.17, 15) is 19.1 Å². The summed E-state index contributed by atoms with van der Waals surface area (Å²) in [4.78, 5) is 28.7. The van der Waals surface area contributed by atoms with Crippen LogP contribution in [0.3, 0.4) is 0 Å². The van der Waals surface area contributed by atoms with Gasteiger partial charge in [-0.3, -0.25) is 19.4 Å². The third kappa shape index (κ3) is 2.54. The van der Waals surface area contributed by atoms with Crippen molar-refractivity contribution in [3.63, 3.8) is 0 Å². The lowest BCUT2D eigenvalue weighted by Crippen LogP contribution is -2.16. The average Bonchev–Trinajstić information content (AvgIpc) is 2.76. The van der Waals surface area contributed by atoms with Crippen LogP contribution in [0.4, 0.5) is 10.1 Å². The minimum Gasteiger partial charge on any atom is -0.508 e. The number of aryl methyl sites for hydroxylation is 2. The van der Waals surface area contributed by atoms with E-state index in [-0.39, 0.29) is 22.4 Å². The van der Waals surface area contributed by atoms with Crippen LogP contribution in [0.2, 0.25) is 0 Å². The molecule has 8 heteroatoms. The number of hydrogen-bond acceptors (Lipinski definition) is 4. The molecule has 118 valence electrons. The maximum atomic E-state index is 13.7. The third-order valence-corrected chi connectivity index (χ3v) is 3.39. The number of anilines is 1. The van der Waals surface area contributed by atoms with Crippen LogP contribution in [0.25, 0.3) is 11.0 Å².